The fraction of sp³-hybridized carbons (Fsp3) is 0.238. The molecule has 0 aliphatic carbocycles. The number of nitrogens with zero attached hydrogens (tertiary/aromatic N) is 1. The zero-order chi connectivity index (χ0) is 19.2. The molecule has 1 atom stereocenters. The Bertz CT molecular complexity index is 832. The fourth-order valence-electron chi connectivity index (χ4n) is 2.89. The number of hydroxylamine groups is 2. The molecule has 0 aromatic heterocycles. The predicted molar refractivity (Wildman–Crippen MR) is 98.1 cm³/mol. The van der Waals surface area contributed by atoms with Gasteiger partial charge in [-0.3, -0.25) is 0 Å². The van der Waals surface area contributed by atoms with E-state index < -0.39 is 18.1 Å². The van der Waals surface area contributed by atoms with Crippen molar-refractivity contribution in [2.24, 2.45) is 0 Å². The predicted octanol–water partition coefficient (Wildman–Crippen LogP) is 4.15. The van der Waals surface area contributed by atoms with Crippen LogP contribution in [0, 0.1) is 0 Å². The fourth-order valence-corrected chi connectivity index (χ4v) is 2.89. The second kappa shape index (κ2) is 8.40. The summed E-state index contributed by atoms with van der Waals surface area (Å²) < 4.78 is 10.5. The van der Waals surface area contributed by atoms with Crippen LogP contribution in [0.1, 0.15) is 31.0 Å². The highest BCUT2D eigenvalue weighted by atomic mass is 16.7. The Labute approximate surface area is 157 Å². The summed E-state index contributed by atoms with van der Waals surface area (Å²) in [6.45, 7) is 3.70. The molecule has 1 heterocycles. The van der Waals surface area contributed by atoms with Crippen molar-refractivity contribution in [3.8, 4) is 0 Å². The summed E-state index contributed by atoms with van der Waals surface area (Å²) in [5.41, 5.74) is 1.88. The summed E-state index contributed by atoms with van der Waals surface area (Å²) in [7, 11) is 0. The van der Waals surface area contributed by atoms with Gasteiger partial charge < -0.3 is 14.3 Å². The van der Waals surface area contributed by atoms with Gasteiger partial charge in [0.2, 0.25) is 0 Å². The molecule has 1 aliphatic rings. The van der Waals surface area contributed by atoms with Gasteiger partial charge in [0.1, 0.15) is 24.0 Å². The van der Waals surface area contributed by atoms with Crippen molar-refractivity contribution >= 4 is 12.1 Å². The SMILES string of the molecule is CCOC(=O)C1=C(C)ON(C(=O)OCc2ccccc2)C1c1ccccc1. The van der Waals surface area contributed by atoms with Crippen LogP contribution in [-0.2, 0) is 25.7 Å². The van der Waals surface area contributed by atoms with Gasteiger partial charge in [-0.25, -0.2) is 9.59 Å². The lowest BCUT2D eigenvalue weighted by Gasteiger charge is -2.23. The number of carbonyl (C=O) groups is 2. The van der Waals surface area contributed by atoms with Gasteiger partial charge in [0.15, 0.2) is 0 Å². The maximum atomic E-state index is 12.7. The van der Waals surface area contributed by atoms with Gasteiger partial charge in [-0.05, 0) is 25.0 Å². The van der Waals surface area contributed by atoms with Crippen LogP contribution in [-0.4, -0.2) is 23.7 Å². The molecular formula is C21H21NO5. The molecule has 140 valence electrons. The molecule has 3 rings (SSSR count). The number of rotatable bonds is 5. The molecule has 0 saturated carbocycles. The van der Waals surface area contributed by atoms with Crippen molar-refractivity contribution in [2.75, 3.05) is 6.61 Å². The third kappa shape index (κ3) is 4.11. The van der Waals surface area contributed by atoms with Crippen molar-refractivity contribution in [1.82, 2.24) is 5.06 Å². The Morgan fingerprint density at radius 3 is 2.26 bits per heavy atom. The molecular weight excluding hydrogens is 346 g/mol. The number of hydrogen-bond acceptors (Lipinski definition) is 5. The van der Waals surface area contributed by atoms with Crippen LogP contribution in [0.15, 0.2) is 72.0 Å². The minimum absolute atomic E-state index is 0.106. The standard InChI is InChI=1S/C21H21NO5/c1-3-25-20(23)18-15(2)27-22(19(18)17-12-8-5-9-13-17)21(24)26-14-16-10-6-4-7-11-16/h4-13,19H,3,14H2,1-2H3. The lowest BCUT2D eigenvalue weighted by atomic mass is 9.98. The third-order valence-corrected chi connectivity index (χ3v) is 4.12. The maximum Gasteiger partial charge on any atom is 0.444 e. The van der Waals surface area contributed by atoms with Crippen LogP contribution in [0.4, 0.5) is 4.79 Å². The Morgan fingerprint density at radius 1 is 1.00 bits per heavy atom. The first-order valence-corrected chi connectivity index (χ1v) is 8.72. The van der Waals surface area contributed by atoms with E-state index in [-0.39, 0.29) is 13.2 Å². The topological polar surface area (TPSA) is 65.1 Å². The first kappa shape index (κ1) is 18.5. The van der Waals surface area contributed by atoms with E-state index in [2.05, 4.69) is 0 Å². The van der Waals surface area contributed by atoms with E-state index in [0.717, 1.165) is 16.2 Å². The second-order valence-corrected chi connectivity index (χ2v) is 5.96. The number of amides is 1. The van der Waals surface area contributed by atoms with Crippen LogP contribution in [0.3, 0.4) is 0 Å². The molecule has 2 aromatic carbocycles. The quantitative estimate of drug-likeness (QED) is 0.743. The summed E-state index contributed by atoms with van der Waals surface area (Å²) in [6.07, 6.45) is -0.675. The van der Waals surface area contributed by atoms with Gasteiger partial charge >= 0.3 is 12.1 Å². The lowest BCUT2D eigenvalue weighted by molar-refractivity contribution is -0.139. The van der Waals surface area contributed by atoms with E-state index >= 15 is 0 Å². The number of esters is 1. The molecule has 6 heteroatoms. The lowest BCUT2D eigenvalue weighted by Crippen LogP contribution is -2.32. The van der Waals surface area contributed by atoms with E-state index in [1.54, 1.807) is 13.8 Å². The summed E-state index contributed by atoms with van der Waals surface area (Å²) in [5, 5.41) is 1.08. The summed E-state index contributed by atoms with van der Waals surface area (Å²) in [5.74, 6) is -0.193. The highest BCUT2D eigenvalue weighted by Crippen LogP contribution is 2.39. The van der Waals surface area contributed by atoms with Crippen LogP contribution in [0.2, 0.25) is 0 Å². The van der Waals surface area contributed by atoms with Crippen LogP contribution >= 0.6 is 0 Å². The van der Waals surface area contributed by atoms with Gasteiger partial charge in [0.25, 0.3) is 0 Å². The van der Waals surface area contributed by atoms with Gasteiger partial charge in [0, 0.05) is 0 Å². The molecule has 1 aliphatic heterocycles. The highest BCUT2D eigenvalue weighted by molar-refractivity contribution is 5.92. The third-order valence-electron chi connectivity index (χ3n) is 4.12. The van der Waals surface area contributed by atoms with E-state index in [9.17, 15) is 9.59 Å². The van der Waals surface area contributed by atoms with E-state index in [0.29, 0.717) is 11.3 Å². The average molecular weight is 367 g/mol. The molecule has 0 fully saturated rings. The molecule has 27 heavy (non-hydrogen) atoms. The number of hydrogen-bond donors (Lipinski definition) is 0. The summed E-state index contributed by atoms with van der Waals surface area (Å²) >= 11 is 0. The first-order valence-electron chi connectivity index (χ1n) is 8.72. The minimum Gasteiger partial charge on any atom is -0.462 e. The monoisotopic (exact) mass is 367 g/mol. The second-order valence-electron chi connectivity index (χ2n) is 5.96. The summed E-state index contributed by atoms with van der Waals surface area (Å²) in [4.78, 5) is 30.7. The molecule has 0 bridgehead atoms. The number of carbonyl (C=O) groups excluding carboxylic acids is 2. The molecule has 6 nitrogen and oxygen atoms in total. The molecule has 1 unspecified atom stereocenters. The Hall–Kier alpha value is -3.28. The van der Waals surface area contributed by atoms with Crippen molar-refractivity contribution in [2.45, 2.75) is 26.5 Å². The number of ether oxygens (including phenoxy) is 2. The smallest absolute Gasteiger partial charge is 0.444 e. The van der Waals surface area contributed by atoms with Gasteiger partial charge in [-0.2, -0.15) is 0 Å². The Kier molecular flexibility index (Phi) is 5.76. The zero-order valence-electron chi connectivity index (χ0n) is 15.3. The molecule has 2 aromatic rings. The molecule has 0 N–H and O–H groups in total. The maximum absolute atomic E-state index is 12.7. The largest absolute Gasteiger partial charge is 0.462 e. The zero-order valence-corrected chi connectivity index (χ0v) is 15.3. The van der Waals surface area contributed by atoms with Crippen molar-refractivity contribution in [1.29, 1.82) is 0 Å². The van der Waals surface area contributed by atoms with Gasteiger partial charge in [0.05, 0.1) is 6.61 Å². The van der Waals surface area contributed by atoms with E-state index in [4.69, 9.17) is 14.3 Å². The number of benzene rings is 2. The van der Waals surface area contributed by atoms with Gasteiger partial charge in [-0.1, -0.05) is 60.7 Å². The molecule has 1 amide bonds. The molecule has 0 saturated heterocycles. The average Bonchev–Trinajstić information content (AvgIpc) is 3.05. The van der Waals surface area contributed by atoms with E-state index in [1.807, 2.05) is 60.7 Å². The van der Waals surface area contributed by atoms with Gasteiger partial charge in [-0.15, -0.1) is 5.06 Å². The Balaban J connectivity index is 1.83. The van der Waals surface area contributed by atoms with Crippen molar-refractivity contribution in [3.05, 3.63) is 83.1 Å². The number of allylic oxidation sites excluding steroid dienone is 1. The molecule has 0 spiro atoms. The first-order chi connectivity index (χ1) is 13.1. The minimum atomic E-state index is -0.728. The summed E-state index contributed by atoms with van der Waals surface area (Å²) in [6, 6.07) is 17.8. The van der Waals surface area contributed by atoms with Crippen LogP contribution < -0.4 is 0 Å². The van der Waals surface area contributed by atoms with Crippen molar-refractivity contribution < 1.29 is 23.9 Å². The highest BCUT2D eigenvalue weighted by Gasteiger charge is 2.43. The molecule has 0 radical (unpaired) electrons. The normalized spacial score (nSPS) is 16.1. The Morgan fingerprint density at radius 2 is 1.63 bits per heavy atom. The van der Waals surface area contributed by atoms with E-state index in [1.165, 1.54) is 0 Å². The van der Waals surface area contributed by atoms with Crippen LogP contribution in [0.5, 0.6) is 0 Å². The van der Waals surface area contributed by atoms with Crippen molar-refractivity contribution in [3.63, 3.8) is 0 Å². The van der Waals surface area contributed by atoms with Crippen LogP contribution in [0.25, 0.3) is 0 Å².